The van der Waals surface area contributed by atoms with Gasteiger partial charge < -0.3 is 4.90 Å². The van der Waals surface area contributed by atoms with Gasteiger partial charge in [-0.15, -0.1) is 10.2 Å². The van der Waals surface area contributed by atoms with Crippen LogP contribution in [-0.4, -0.2) is 38.1 Å². The second-order valence-corrected chi connectivity index (χ2v) is 6.64. The predicted molar refractivity (Wildman–Crippen MR) is 101 cm³/mol. The van der Waals surface area contributed by atoms with Crippen LogP contribution in [0.2, 0.25) is 0 Å². The zero-order chi connectivity index (χ0) is 21.0. The number of rotatable bonds is 6. The van der Waals surface area contributed by atoms with Crippen LogP contribution in [0.4, 0.5) is 13.2 Å². The normalized spacial score (nSPS) is 11.5. The smallest absolute Gasteiger partial charge is 0.340 e. The lowest BCUT2D eigenvalue weighted by atomic mass is 10.1. The molecule has 0 fully saturated rings. The molecule has 0 atom stereocenters. The summed E-state index contributed by atoms with van der Waals surface area (Å²) < 4.78 is 38.6. The molecule has 0 saturated carbocycles. The minimum atomic E-state index is -4.46. The monoisotopic (exact) mass is 403 g/mol. The van der Waals surface area contributed by atoms with Crippen LogP contribution in [0.5, 0.6) is 0 Å². The number of alkyl halides is 3. The van der Waals surface area contributed by atoms with Crippen LogP contribution in [0, 0.1) is 0 Å². The van der Waals surface area contributed by atoms with Crippen LogP contribution in [0.25, 0.3) is 11.4 Å². The molecule has 0 N–H and O–H groups in total. The molecule has 2 aromatic carbocycles. The van der Waals surface area contributed by atoms with E-state index in [4.69, 9.17) is 0 Å². The van der Waals surface area contributed by atoms with Gasteiger partial charge in [-0.25, -0.2) is 0 Å². The molecule has 0 spiro atoms. The van der Waals surface area contributed by atoms with Gasteiger partial charge in [-0.05, 0) is 34.9 Å². The molecule has 0 aliphatic carbocycles. The van der Waals surface area contributed by atoms with Crippen LogP contribution >= 0.6 is 0 Å². The number of amides is 1. The number of carbonyl (C=O) groups is 1. The van der Waals surface area contributed by atoms with E-state index in [2.05, 4.69) is 22.3 Å². The predicted octanol–water partition coefficient (Wildman–Crippen LogP) is 3.58. The standard InChI is InChI=1S/C20H20F3N5O/c1-3-14-7-9-15(10-8-14)12-27(2)18(29)13-28-25-19(24-26-28)16-5-4-6-17(11-16)20(21,22)23/h4-11H,3,12-13H2,1-2H3. The Bertz CT molecular complexity index is 982. The summed E-state index contributed by atoms with van der Waals surface area (Å²) in [6.45, 7) is 2.34. The van der Waals surface area contributed by atoms with Gasteiger partial charge in [0.1, 0.15) is 6.54 Å². The summed E-state index contributed by atoms with van der Waals surface area (Å²) in [5, 5.41) is 11.6. The molecule has 0 saturated heterocycles. The lowest BCUT2D eigenvalue weighted by Gasteiger charge is -2.17. The highest BCUT2D eigenvalue weighted by atomic mass is 19.4. The zero-order valence-corrected chi connectivity index (χ0v) is 16.0. The first-order valence-electron chi connectivity index (χ1n) is 9.03. The molecule has 9 heteroatoms. The van der Waals surface area contributed by atoms with Crippen molar-refractivity contribution >= 4 is 5.91 Å². The van der Waals surface area contributed by atoms with E-state index in [0.29, 0.717) is 6.54 Å². The highest BCUT2D eigenvalue weighted by Crippen LogP contribution is 2.31. The summed E-state index contributed by atoms with van der Waals surface area (Å²) in [7, 11) is 1.67. The largest absolute Gasteiger partial charge is 0.416 e. The fourth-order valence-corrected chi connectivity index (χ4v) is 2.74. The van der Waals surface area contributed by atoms with E-state index in [-0.39, 0.29) is 23.8 Å². The molecule has 152 valence electrons. The number of benzene rings is 2. The Labute approximate surface area is 166 Å². The highest BCUT2D eigenvalue weighted by Gasteiger charge is 2.30. The van der Waals surface area contributed by atoms with Crippen LogP contribution in [0.3, 0.4) is 0 Å². The molecule has 0 radical (unpaired) electrons. The SMILES string of the molecule is CCc1ccc(CN(C)C(=O)Cn2nnc(-c3cccc(C(F)(F)F)c3)n2)cc1. The first kappa shape index (κ1) is 20.5. The fraction of sp³-hybridized carbons (Fsp3) is 0.300. The maximum Gasteiger partial charge on any atom is 0.416 e. The van der Waals surface area contributed by atoms with Crippen molar-refractivity contribution in [1.82, 2.24) is 25.1 Å². The third kappa shape index (κ3) is 5.18. The fourth-order valence-electron chi connectivity index (χ4n) is 2.74. The second-order valence-electron chi connectivity index (χ2n) is 6.64. The van der Waals surface area contributed by atoms with Gasteiger partial charge in [0.15, 0.2) is 0 Å². The van der Waals surface area contributed by atoms with Crippen LogP contribution in [-0.2, 0) is 30.5 Å². The van der Waals surface area contributed by atoms with Gasteiger partial charge in [-0.3, -0.25) is 4.79 Å². The number of carbonyl (C=O) groups excluding carboxylic acids is 1. The van der Waals surface area contributed by atoms with E-state index < -0.39 is 11.7 Å². The number of aryl methyl sites for hydroxylation is 1. The van der Waals surface area contributed by atoms with Gasteiger partial charge >= 0.3 is 6.18 Å². The van der Waals surface area contributed by atoms with Gasteiger partial charge in [0.25, 0.3) is 0 Å². The minimum absolute atomic E-state index is 0.0294. The van der Waals surface area contributed by atoms with Gasteiger partial charge in [-0.1, -0.05) is 43.3 Å². The number of halogens is 3. The first-order chi connectivity index (χ1) is 13.8. The van der Waals surface area contributed by atoms with Gasteiger partial charge in [0.2, 0.25) is 11.7 Å². The molecular formula is C20H20F3N5O. The van der Waals surface area contributed by atoms with Gasteiger partial charge in [-0.2, -0.15) is 18.0 Å². The van der Waals surface area contributed by atoms with Gasteiger partial charge in [0.05, 0.1) is 5.56 Å². The van der Waals surface area contributed by atoms with E-state index >= 15 is 0 Å². The van der Waals surface area contributed by atoms with Gasteiger partial charge in [0, 0.05) is 19.2 Å². The molecule has 3 aromatic rings. The number of hydrogen-bond acceptors (Lipinski definition) is 4. The molecule has 1 amide bonds. The maximum absolute atomic E-state index is 12.9. The van der Waals surface area contributed by atoms with E-state index in [1.54, 1.807) is 7.05 Å². The van der Waals surface area contributed by atoms with Crippen molar-refractivity contribution in [3.05, 3.63) is 65.2 Å². The third-order valence-electron chi connectivity index (χ3n) is 4.45. The molecule has 0 aliphatic rings. The Balaban J connectivity index is 1.65. The molecule has 3 rings (SSSR count). The van der Waals surface area contributed by atoms with Crippen molar-refractivity contribution in [1.29, 1.82) is 0 Å². The summed E-state index contributed by atoms with van der Waals surface area (Å²) in [6, 6.07) is 12.7. The van der Waals surface area contributed by atoms with Crippen LogP contribution < -0.4 is 0 Å². The van der Waals surface area contributed by atoms with Crippen molar-refractivity contribution in [3.63, 3.8) is 0 Å². The maximum atomic E-state index is 12.9. The van der Waals surface area contributed by atoms with E-state index in [9.17, 15) is 18.0 Å². The van der Waals surface area contributed by atoms with Crippen molar-refractivity contribution < 1.29 is 18.0 Å². The molecule has 29 heavy (non-hydrogen) atoms. The minimum Gasteiger partial charge on any atom is -0.340 e. The summed E-state index contributed by atoms with van der Waals surface area (Å²) in [5.41, 5.74) is 1.60. The van der Waals surface area contributed by atoms with Crippen LogP contribution in [0.15, 0.2) is 48.5 Å². The number of tetrazole rings is 1. The van der Waals surface area contributed by atoms with E-state index in [0.717, 1.165) is 28.9 Å². The quantitative estimate of drug-likeness (QED) is 0.631. The number of aromatic nitrogens is 4. The molecular weight excluding hydrogens is 383 g/mol. The topological polar surface area (TPSA) is 63.9 Å². The number of hydrogen-bond donors (Lipinski definition) is 0. The average Bonchev–Trinajstić information content (AvgIpc) is 3.16. The Kier molecular flexibility index (Phi) is 5.95. The van der Waals surface area contributed by atoms with Crippen molar-refractivity contribution in [2.75, 3.05) is 7.05 Å². The summed E-state index contributed by atoms with van der Waals surface area (Å²) >= 11 is 0. The second kappa shape index (κ2) is 8.42. The lowest BCUT2D eigenvalue weighted by molar-refractivity contribution is -0.137. The molecule has 0 unspecified atom stereocenters. The average molecular weight is 403 g/mol. The molecule has 0 aliphatic heterocycles. The number of likely N-dealkylation sites (N-methyl/N-ethyl adjacent to an activating group) is 1. The molecule has 1 aromatic heterocycles. The first-order valence-corrected chi connectivity index (χ1v) is 9.03. The number of nitrogens with zero attached hydrogens (tertiary/aromatic N) is 5. The van der Waals surface area contributed by atoms with E-state index in [1.165, 1.54) is 22.6 Å². The molecule has 6 nitrogen and oxygen atoms in total. The molecule has 0 bridgehead atoms. The Morgan fingerprint density at radius 1 is 1.10 bits per heavy atom. The Morgan fingerprint density at radius 2 is 1.79 bits per heavy atom. The van der Waals surface area contributed by atoms with Crippen molar-refractivity contribution in [3.8, 4) is 11.4 Å². The highest BCUT2D eigenvalue weighted by molar-refractivity contribution is 5.75. The van der Waals surface area contributed by atoms with Crippen LogP contribution in [0.1, 0.15) is 23.6 Å². The Hall–Kier alpha value is -3.23. The van der Waals surface area contributed by atoms with Crippen molar-refractivity contribution in [2.45, 2.75) is 32.6 Å². The van der Waals surface area contributed by atoms with E-state index in [1.807, 2.05) is 24.3 Å². The van der Waals surface area contributed by atoms with Crippen molar-refractivity contribution in [2.24, 2.45) is 0 Å². The summed E-state index contributed by atoms with van der Waals surface area (Å²) in [5.74, 6) is -0.209. The Morgan fingerprint density at radius 3 is 2.45 bits per heavy atom. The zero-order valence-electron chi connectivity index (χ0n) is 16.0. The lowest BCUT2D eigenvalue weighted by Crippen LogP contribution is -2.30. The third-order valence-corrected chi connectivity index (χ3v) is 4.45. The molecule has 1 heterocycles. The summed E-state index contributed by atoms with van der Waals surface area (Å²) in [4.78, 5) is 15.0. The summed E-state index contributed by atoms with van der Waals surface area (Å²) in [6.07, 6.45) is -3.51.